The van der Waals surface area contributed by atoms with E-state index in [1.165, 1.54) is 14.1 Å². The number of hydrogen-bond donors (Lipinski definition) is 2. The lowest BCUT2D eigenvalue weighted by molar-refractivity contribution is 0.713. The normalized spacial score (nSPS) is 7.50. The largest absolute Gasteiger partial charge is 0.333 e. The molecule has 5 nitrogen and oxygen atoms in total. The van der Waals surface area contributed by atoms with Gasteiger partial charge in [0.25, 0.3) is 0 Å². The van der Waals surface area contributed by atoms with Gasteiger partial charge >= 0.3 is 0 Å². The summed E-state index contributed by atoms with van der Waals surface area (Å²) in [6.45, 7) is 2.06. The third-order valence-electron chi connectivity index (χ3n) is 1.01. The van der Waals surface area contributed by atoms with Gasteiger partial charge in [-0.25, -0.2) is 0 Å². The molecule has 5 heteroatoms. The molecule has 4 N–H and O–H groups in total. The van der Waals surface area contributed by atoms with Crippen LogP contribution in [-0.2, 0) is 13.5 Å². The molecule has 72 valence electrons. The zero-order valence-corrected chi connectivity index (χ0v) is 8.28. The summed E-state index contributed by atoms with van der Waals surface area (Å²) >= 11 is 0. The second-order valence-electron chi connectivity index (χ2n) is 1.74. The molecule has 0 aliphatic rings. The zero-order chi connectivity index (χ0) is 9.98. The smallest absolute Gasteiger partial charge is 0.0824 e. The van der Waals surface area contributed by atoms with Crippen LogP contribution in [0.15, 0.2) is 6.20 Å². The lowest BCUT2D eigenvalue weighted by atomic mass is 10.4. The van der Waals surface area contributed by atoms with Crippen LogP contribution in [0.25, 0.3) is 0 Å². The molecule has 0 unspecified atom stereocenters. The molecule has 0 bridgehead atoms. The number of hydrogen-bond acceptors (Lipinski definition) is 4. The van der Waals surface area contributed by atoms with Gasteiger partial charge in [0.15, 0.2) is 0 Å². The highest BCUT2D eigenvalue weighted by Crippen LogP contribution is 1.89. The van der Waals surface area contributed by atoms with Crippen LogP contribution in [0, 0.1) is 0 Å². The second kappa shape index (κ2) is 10.1. The standard InChI is InChI=1S/C5H9N3.2CH5N/c1-3-5-4-8(2)7-6-5;2*1-2/h4H,3H2,1-2H3;2*2H2,1H3. The first-order valence-electron chi connectivity index (χ1n) is 3.83. The van der Waals surface area contributed by atoms with Crippen molar-refractivity contribution in [1.29, 1.82) is 0 Å². The van der Waals surface area contributed by atoms with Gasteiger partial charge in [-0.2, -0.15) is 0 Å². The van der Waals surface area contributed by atoms with E-state index in [1.54, 1.807) is 4.68 Å². The highest BCUT2D eigenvalue weighted by atomic mass is 15.4. The first-order chi connectivity index (χ1) is 5.83. The van der Waals surface area contributed by atoms with Gasteiger partial charge < -0.3 is 11.5 Å². The van der Waals surface area contributed by atoms with E-state index >= 15 is 0 Å². The van der Waals surface area contributed by atoms with Gasteiger partial charge in [-0.05, 0) is 20.5 Å². The summed E-state index contributed by atoms with van der Waals surface area (Å²) in [5.41, 5.74) is 10.0. The molecule has 0 fully saturated rings. The fourth-order valence-electron chi connectivity index (χ4n) is 0.557. The molecule has 0 aliphatic heterocycles. The third-order valence-corrected chi connectivity index (χ3v) is 1.01. The molecule has 0 radical (unpaired) electrons. The van der Waals surface area contributed by atoms with E-state index in [4.69, 9.17) is 0 Å². The van der Waals surface area contributed by atoms with Crippen molar-refractivity contribution in [2.24, 2.45) is 18.5 Å². The minimum absolute atomic E-state index is 0.966. The van der Waals surface area contributed by atoms with Crippen molar-refractivity contribution in [1.82, 2.24) is 15.0 Å². The van der Waals surface area contributed by atoms with Crippen LogP contribution in [0.2, 0.25) is 0 Å². The maximum absolute atomic E-state index is 4.50. The van der Waals surface area contributed by atoms with Gasteiger partial charge in [-0.15, -0.1) is 5.10 Å². The molecule has 1 aromatic rings. The summed E-state index contributed by atoms with van der Waals surface area (Å²) in [6.07, 6.45) is 2.88. The van der Waals surface area contributed by atoms with E-state index < -0.39 is 0 Å². The van der Waals surface area contributed by atoms with Crippen molar-refractivity contribution < 1.29 is 0 Å². The Labute approximate surface area is 73.7 Å². The summed E-state index contributed by atoms with van der Waals surface area (Å²) < 4.78 is 1.71. The predicted molar refractivity (Wildman–Crippen MR) is 50.6 cm³/mol. The third kappa shape index (κ3) is 5.82. The fourth-order valence-corrected chi connectivity index (χ4v) is 0.557. The molecule has 0 aliphatic carbocycles. The first kappa shape index (κ1) is 13.6. The predicted octanol–water partition coefficient (Wildman–Crippen LogP) is -0.473. The quantitative estimate of drug-likeness (QED) is 0.601. The van der Waals surface area contributed by atoms with Crippen molar-refractivity contribution in [2.75, 3.05) is 14.1 Å². The minimum atomic E-state index is 0.966. The van der Waals surface area contributed by atoms with Crippen molar-refractivity contribution in [3.05, 3.63) is 11.9 Å². The molecule has 0 saturated carbocycles. The molecule has 0 saturated heterocycles. The monoisotopic (exact) mass is 173 g/mol. The van der Waals surface area contributed by atoms with Crippen molar-refractivity contribution in [2.45, 2.75) is 13.3 Å². The van der Waals surface area contributed by atoms with E-state index in [9.17, 15) is 0 Å². The number of nitrogens with zero attached hydrogens (tertiary/aromatic N) is 3. The van der Waals surface area contributed by atoms with E-state index in [0.717, 1.165) is 12.1 Å². The molecule has 0 spiro atoms. The van der Waals surface area contributed by atoms with Gasteiger partial charge in [0.05, 0.1) is 5.69 Å². The fraction of sp³-hybridized carbons (Fsp3) is 0.714. The highest BCUT2D eigenvalue weighted by molar-refractivity contribution is 4.89. The Bertz CT molecular complexity index is 172. The van der Waals surface area contributed by atoms with Gasteiger partial charge in [0.2, 0.25) is 0 Å². The molecule has 0 atom stereocenters. The Morgan fingerprint density at radius 1 is 1.33 bits per heavy atom. The van der Waals surface area contributed by atoms with Crippen LogP contribution in [0.5, 0.6) is 0 Å². The number of nitrogens with two attached hydrogens (primary N) is 2. The lowest BCUT2D eigenvalue weighted by Gasteiger charge is -1.78. The summed E-state index contributed by atoms with van der Waals surface area (Å²) in [4.78, 5) is 0. The highest BCUT2D eigenvalue weighted by Gasteiger charge is 1.90. The Kier molecular flexibility index (Phi) is 11.4. The van der Waals surface area contributed by atoms with Gasteiger partial charge in [-0.1, -0.05) is 12.1 Å². The summed E-state index contributed by atoms with van der Waals surface area (Å²) in [6, 6.07) is 0. The Morgan fingerprint density at radius 2 is 1.83 bits per heavy atom. The van der Waals surface area contributed by atoms with Crippen LogP contribution >= 0.6 is 0 Å². The average molecular weight is 173 g/mol. The molecule has 0 amide bonds. The minimum Gasteiger partial charge on any atom is -0.333 e. The molecular weight excluding hydrogens is 154 g/mol. The second-order valence-corrected chi connectivity index (χ2v) is 1.74. The Balaban J connectivity index is 0. The van der Waals surface area contributed by atoms with E-state index in [0.29, 0.717) is 0 Å². The Hall–Kier alpha value is -0.940. The van der Waals surface area contributed by atoms with Crippen LogP contribution in [0.3, 0.4) is 0 Å². The topological polar surface area (TPSA) is 82.8 Å². The van der Waals surface area contributed by atoms with Crippen molar-refractivity contribution in [3.63, 3.8) is 0 Å². The Morgan fingerprint density at radius 3 is 2.00 bits per heavy atom. The summed E-state index contributed by atoms with van der Waals surface area (Å²) in [7, 11) is 4.87. The SMILES string of the molecule is CCc1cn(C)nn1.CN.CN. The maximum Gasteiger partial charge on any atom is 0.0824 e. The van der Waals surface area contributed by atoms with Crippen LogP contribution in [0.1, 0.15) is 12.6 Å². The van der Waals surface area contributed by atoms with Crippen LogP contribution in [0.4, 0.5) is 0 Å². The summed E-state index contributed by atoms with van der Waals surface area (Å²) in [5.74, 6) is 0. The molecule has 0 aromatic carbocycles. The molecular formula is C7H19N5. The maximum atomic E-state index is 4.50. The van der Waals surface area contributed by atoms with Gasteiger partial charge in [0, 0.05) is 13.2 Å². The van der Waals surface area contributed by atoms with Crippen LogP contribution < -0.4 is 11.5 Å². The number of rotatable bonds is 1. The summed E-state index contributed by atoms with van der Waals surface area (Å²) in [5, 5.41) is 7.60. The van der Waals surface area contributed by atoms with E-state index in [2.05, 4.69) is 28.7 Å². The van der Waals surface area contributed by atoms with Crippen molar-refractivity contribution in [3.8, 4) is 0 Å². The van der Waals surface area contributed by atoms with Gasteiger partial charge in [0.1, 0.15) is 0 Å². The van der Waals surface area contributed by atoms with E-state index in [1.807, 2.05) is 13.2 Å². The number of aromatic nitrogens is 3. The van der Waals surface area contributed by atoms with Crippen molar-refractivity contribution >= 4 is 0 Å². The average Bonchev–Trinajstić information content (AvgIpc) is 2.58. The first-order valence-corrected chi connectivity index (χ1v) is 3.83. The molecule has 1 rings (SSSR count). The van der Waals surface area contributed by atoms with E-state index in [-0.39, 0.29) is 0 Å². The number of aryl methyl sites for hydroxylation is 2. The van der Waals surface area contributed by atoms with Gasteiger partial charge in [-0.3, -0.25) is 4.68 Å². The molecule has 1 aromatic heterocycles. The van der Waals surface area contributed by atoms with Crippen LogP contribution in [-0.4, -0.2) is 29.1 Å². The molecule has 12 heavy (non-hydrogen) atoms. The lowest BCUT2D eigenvalue weighted by Crippen LogP contribution is -1.85. The zero-order valence-electron chi connectivity index (χ0n) is 8.28. The molecule has 1 heterocycles.